The molecule has 0 N–H and O–H groups in total. The van der Waals surface area contributed by atoms with Gasteiger partial charge in [-0.1, -0.05) is 265 Å². The largest absolute Gasteiger partial charge is 0.454 e. The molecule has 0 atom stereocenters. The summed E-state index contributed by atoms with van der Waals surface area (Å²) in [6.07, 6.45) is 0. The Balaban J connectivity index is 1.00. The molecule has 0 radical (unpaired) electrons. The average molecular weight is 1290 g/mol. The highest BCUT2D eigenvalue weighted by Crippen LogP contribution is 2.54. The van der Waals surface area contributed by atoms with Gasteiger partial charge >= 0.3 is 0 Å². The van der Waals surface area contributed by atoms with Crippen molar-refractivity contribution >= 4 is 123 Å². The second kappa shape index (κ2) is 22.2. The van der Waals surface area contributed by atoms with Crippen molar-refractivity contribution in [3.63, 3.8) is 0 Å². The molecule has 0 saturated carbocycles. The summed E-state index contributed by atoms with van der Waals surface area (Å²) in [6.45, 7) is 28.0. The summed E-state index contributed by atoms with van der Waals surface area (Å²) in [5.74, 6) is 0. The van der Waals surface area contributed by atoms with Crippen LogP contribution in [0.2, 0.25) is 0 Å². The molecule has 5 heterocycles. The summed E-state index contributed by atoms with van der Waals surface area (Å²) in [7, 11) is 0. The van der Waals surface area contributed by atoms with E-state index in [-0.39, 0.29) is 28.4 Å². The molecule has 0 amide bonds. The summed E-state index contributed by atoms with van der Waals surface area (Å²) >= 11 is 0. The third kappa shape index (κ3) is 9.65. The zero-order valence-corrected chi connectivity index (χ0v) is 59.3. The van der Waals surface area contributed by atoms with Crippen LogP contribution in [-0.4, -0.2) is 15.8 Å². The van der Waals surface area contributed by atoms with E-state index in [1.165, 1.54) is 93.5 Å². The normalized spacial score (nSPS) is 13.3. The number of anilines is 6. The Labute approximate surface area is 587 Å². The van der Waals surface area contributed by atoms with E-state index in [0.717, 1.165) is 89.6 Å². The van der Waals surface area contributed by atoms with Crippen LogP contribution >= 0.6 is 0 Å². The number of aromatic nitrogens is 2. The van der Waals surface area contributed by atoms with Gasteiger partial charge in [-0.2, -0.15) is 0 Å². The van der Waals surface area contributed by atoms with Gasteiger partial charge in [-0.15, -0.1) is 0 Å². The van der Waals surface area contributed by atoms with E-state index in [1.807, 2.05) is 0 Å². The minimum absolute atomic E-state index is 0.0833. The van der Waals surface area contributed by atoms with Gasteiger partial charge in [0.05, 0.1) is 33.4 Å². The van der Waals surface area contributed by atoms with Gasteiger partial charge in [0, 0.05) is 77.6 Å². The third-order valence-corrected chi connectivity index (χ3v) is 21.6. The van der Waals surface area contributed by atoms with E-state index in [1.54, 1.807) is 0 Å². The van der Waals surface area contributed by atoms with Gasteiger partial charge in [0.2, 0.25) is 0 Å². The van der Waals surface area contributed by atoms with Gasteiger partial charge in [-0.25, -0.2) is 0 Å². The standard InChI is InChI=1S/C94H81BN4O/c1-91(2,3)62-47-61(48-63(50-62)92(4,5)6)60-43-46-80-77(49-60)95-76-45-44-67(97-79-40-26-23-36-69(79)75-56-82-74(57-83(75)97)68-35-22-25-39-78(68)96(82)66-33-20-15-21-34-66)55-84(76)99(89-72(58-29-16-13-17-30-58)51-64(93(7,8)9)52-73(89)59-31-18-14-19-32-59)86-54-65(94(10,11)12)53-85(88(86)95)98(80)81-41-28-38-71-70-37-24-27-42-87(70)100-90(71)81/h13-57H,1-12H3. The fourth-order valence-corrected chi connectivity index (χ4v) is 16.4. The summed E-state index contributed by atoms with van der Waals surface area (Å²) < 4.78 is 12.2. The fraction of sp³-hybridized carbons (Fsp3) is 0.170. The van der Waals surface area contributed by atoms with Crippen LogP contribution in [0, 0.1) is 0 Å². The van der Waals surface area contributed by atoms with Crippen molar-refractivity contribution in [1.29, 1.82) is 0 Å². The second-order valence-corrected chi connectivity index (χ2v) is 32.2. The number of hydrogen-bond donors (Lipinski definition) is 0. The number of furan rings is 1. The van der Waals surface area contributed by atoms with Crippen LogP contribution < -0.4 is 26.2 Å². The van der Waals surface area contributed by atoms with Crippen molar-refractivity contribution in [2.24, 2.45) is 0 Å². The number of para-hydroxylation sites is 5. The SMILES string of the molecule is CC(C)(C)c1cc(-c2ccc3c(c2)B2c4ccc(-n5c6ccccc6c6cc7c(cc65)c5ccccc5n7-c5ccccc5)cc4N(c4c(-c5ccccc5)cc(C(C)(C)C)cc4-c4ccccc4)c4cc(C(C)(C)C)cc(c42)N3c2cccc3c2oc2ccccc23)cc(C(C)(C)C)c1. The zero-order chi connectivity index (χ0) is 68.5. The van der Waals surface area contributed by atoms with E-state index in [4.69, 9.17) is 4.42 Å². The van der Waals surface area contributed by atoms with Crippen LogP contribution in [0.25, 0.3) is 110 Å². The molecule has 0 fully saturated rings. The number of fused-ring (bicyclic) bond motifs is 13. The van der Waals surface area contributed by atoms with E-state index < -0.39 is 0 Å². The lowest BCUT2D eigenvalue weighted by Crippen LogP contribution is -2.61. The van der Waals surface area contributed by atoms with Crippen molar-refractivity contribution in [1.82, 2.24) is 9.13 Å². The highest BCUT2D eigenvalue weighted by molar-refractivity contribution is 7.00. The minimum Gasteiger partial charge on any atom is -0.454 e. The maximum atomic E-state index is 7.18. The molecule has 2 aliphatic rings. The summed E-state index contributed by atoms with van der Waals surface area (Å²) in [5, 5.41) is 7.04. The van der Waals surface area contributed by atoms with Crippen LogP contribution in [-0.2, 0) is 21.7 Å². The van der Waals surface area contributed by atoms with Crippen molar-refractivity contribution in [2.75, 3.05) is 9.80 Å². The van der Waals surface area contributed by atoms with Crippen molar-refractivity contribution in [3.05, 3.63) is 295 Å². The predicted molar refractivity (Wildman–Crippen MR) is 428 cm³/mol. The summed E-state index contributed by atoms with van der Waals surface area (Å²) in [4.78, 5) is 5.29. The molecule has 18 rings (SSSR count). The lowest BCUT2D eigenvalue weighted by Gasteiger charge is -2.46. The molecule has 5 nitrogen and oxygen atoms in total. The molecule has 16 aromatic rings. The molecule has 0 saturated heterocycles. The van der Waals surface area contributed by atoms with E-state index in [0.29, 0.717) is 0 Å². The molecule has 13 aromatic carbocycles. The maximum Gasteiger partial charge on any atom is 0.252 e. The number of hydrogen-bond acceptors (Lipinski definition) is 3. The molecule has 0 spiro atoms. The maximum absolute atomic E-state index is 7.18. The van der Waals surface area contributed by atoms with Crippen molar-refractivity contribution in [3.8, 4) is 44.8 Å². The first-order valence-electron chi connectivity index (χ1n) is 35.6. The Kier molecular flexibility index (Phi) is 13.6. The monoisotopic (exact) mass is 1290 g/mol. The lowest BCUT2D eigenvalue weighted by atomic mass is 9.33. The van der Waals surface area contributed by atoms with Gasteiger partial charge in [-0.3, -0.25) is 0 Å². The van der Waals surface area contributed by atoms with Crippen LogP contribution in [0.1, 0.15) is 105 Å². The second-order valence-electron chi connectivity index (χ2n) is 32.2. The molecule has 486 valence electrons. The van der Waals surface area contributed by atoms with Gasteiger partial charge in [-0.05, 0) is 174 Å². The first-order chi connectivity index (χ1) is 48.1. The molecule has 2 aliphatic heterocycles. The van der Waals surface area contributed by atoms with Crippen molar-refractivity contribution < 1.29 is 4.42 Å². The smallest absolute Gasteiger partial charge is 0.252 e. The Bertz CT molecular complexity index is 5930. The summed E-state index contributed by atoms with van der Waals surface area (Å²) in [5.41, 5.74) is 30.6. The highest BCUT2D eigenvalue weighted by atomic mass is 16.3. The van der Waals surface area contributed by atoms with E-state index >= 15 is 0 Å². The van der Waals surface area contributed by atoms with Gasteiger partial charge in [0.15, 0.2) is 5.58 Å². The highest BCUT2D eigenvalue weighted by Gasteiger charge is 2.46. The average Bonchev–Trinajstić information content (AvgIpc) is 1.27. The van der Waals surface area contributed by atoms with E-state index in [9.17, 15) is 0 Å². The van der Waals surface area contributed by atoms with Crippen LogP contribution in [0.3, 0.4) is 0 Å². The molecule has 0 aliphatic carbocycles. The van der Waals surface area contributed by atoms with Crippen molar-refractivity contribution in [2.45, 2.75) is 105 Å². The number of rotatable bonds is 7. The Morgan fingerprint density at radius 3 is 1.35 bits per heavy atom. The first-order valence-corrected chi connectivity index (χ1v) is 35.6. The zero-order valence-electron chi connectivity index (χ0n) is 59.3. The first kappa shape index (κ1) is 61.3. The molecule has 3 aromatic heterocycles. The van der Waals surface area contributed by atoms with Crippen LogP contribution in [0.5, 0.6) is 0 Å². The molecule has 6 heteroatoms. The number of benzene rings is 13. The van der Waals surface area contributed by atoms with Gasteiger partial charge in [0.1, 0.15) is 5.58 Å². The van der Waals surface area contributed by atoms with Crippen LogP contribution in [0.15, 0.2) is 277 Å². The fourth-order valence-electron chi connectivity index (χ4n) is 16.4. The molecular formula is C94H81BN4O. The topological polar surface area (TPSA) is 29.5 Å². The molecule has 100 heavy (non-hydrogen) atoms. The molecular weight excluding hydrogens is 1210 g/mol. The van der Waals surface area contributed by atoms with E-state index in [2.05, 4.69) is 375 Å². The number of nitrogens with zero attached hydrogens (tertiary/aromatic N) is 4. The summed E-state index contributed by atoms with van der Waals surface area (Å²) in [6, 6.07) is 104. The van der Waals surface area contributed by atoms with Gasteiger partial charge < -0.3 is 23.4 Å². The van der Waals surface area contributed by atoms with Gasteiger partial charge in [0.25, 0.3) is 6.71 Å². The third-order valence-electron chi connectivity index (χ3n) is 21.6. The molecule has 0 unspecified atom stereocenters. The minimum atomic E-state index is -0.294. The predicted octanol–water partition coefficient (Wildman–Crippen LogP) is 24.1. The lowest BCUT2D eigenvalue weighted by molar-refractivity contribution is 0.569. The Hall–Kier alpha value is -11.1. The molecule has 0 bridgehead atoms. The quantitative estimate of drug-likeness (QED) is 0.149. The van der Waals surface area contributed by atoms with Crippen LogP contribution in [0.4, 0.5) is 34.1 Å². The Morgan fingerprint density at radius 2 is 0.770 bits per heavy atom. The Morgan fingerprint density at radius 1 is 0.280 bits per heavy atom.